The number of likely N-dealkylation sites (N-methyl/N-ethyl adjacent to an activating group) is 1. The van der Waals surface area contributed by atoms with Gasteiger partial charge in [-0.1, -0.05) is 13.8 Å². The third-order valence-corrected chi connectivity index (χ3v) is 6.63. The van der Waals surface area contributed by atoms with Crippen molar-refractivity contribution in [3.63, 3.8) is 0 Å². The summed E-state index contributed by atoms with van der Waals surface area (Å²) in [5.41, 5.74) is 6.49. The fourth-order valence-electron chi connectivity index (χ4n) is 3.76. The molecule has 2 nitrogen and oxygen atoms in total. The summed E-state index contributed by atoms with van der Waals surface area (Å²) >= 11 is 2.11. The third kappa shape index (κ3) is 2.88. The molecule has 1 atom stereocenters. The first-order valence-electron chi connectivity index (χ1n) is 7.60. The van der Waals surface area contributed by atoms with Gasteiger partial charge in [-0.3, -0.25) is 4.90 Å². The van der Waals surface area contributed by atoms with E-state index in [0.717, 1.165) is 24.4 Å². The Morgan fingerprint density at radius 3 is 2.39 bits per heavy atom. The summed E-state index contributed by atoms with van der Waals surface area (Å²) < 4.78 is 0. The van der Waals surface area contributed by atoms with Crippen LogP contribution in [0.4, 0.5) is 0 Å². The first-order valence-corrected chi connectivity index (χ1v) is 8.75. The van der Waals surface area contributed by atoms with Crippen molar-refractivity contribution in [2.45, 2.75) is 57.5 Å². The van der Waals surface area contributed by atoms with Gasteiger partial charge >= 0.3 is 0 Å². The maximum absolute atomic E-state index is 6.18. The smallest absolute Gasteiger partial charge is 0.0332 e. The number of thioether (sulfide) groups is 1. The van der Waals surface area contributed by atoms with Gasteiger partial charge in [0.05, 0.1) is 0 Å². The minimum Gasteiger partial charge on any atom is -0.329 e. The summed E-state index contributed by atoms with van der Waals surface area (Å²) in [6.07, 6.45) is 6.72. The van der Waals surface area contributed by atoms with Crippen molar-refractivity contribution in [1.82, 2.24) is 4.90 Å². The first-order chi connectivity index (χ1) is 8.59. The summed E-state index contributed by atoms with van der Waals surface area (Å²) in [7, 11) is 2.33. The Kier molecular flexibility index (Phi) is 5.01. The van der Waals surface area contributed by atoms with Gasteiger partial charge in [-0.05, 0) is 56.7 Å². The molecule has 1 aliphatic carbocycles. The van der Waals surface area contributed by atoms with Crippen LogP contribution in [0, 0.1) is 11.8 Å². The largest absolute Gasteiger partial charge is 0.329 e. The molecule has 1 unspecified atom stereocenters. The van der Waals surface area contributed by atoms with E-state index < -0.39 is 0 Å². The van der Waals surface area contributed by atoms with E-state index in [-0.39, 0.29) is 0 Å². The first kappa shape index (κ1) is 14.7. The average Bonchev–Trinajstić information content (AvgIpc) is 2.91. The van der Waals surface area contributed by atoms with E-state index in [9.17, 15) is 0 Å². The van der Waals surface area contributed by atoms with Crippen LogP contribution in [0.3, 0.4) is 0 Å². The van der Waals surface area contributed by atoms with Crippen LogP contribution in [0.1, 0.15) is 46.0 Å². The number of hydrogen-bond acceptors (Lipinski definition) is 3. The lowest BCUT2D eigenvalue weighted by molar-refractivity contribution is 0.0308. The highest BCUT2D eigenvalue weighted by molar-refractivity contribution is 7.99. The van der Waals surface area contributed by atoms with E-state index in [4.69, 9.17) is 5.73 Å². The van der Waals surface area contributed by atoms with Crippen molar-refractivity contribution >= 4 is 11.8 Å². The molecule has 2 rings (SSSR count). The Balaban J connectivity index is 1.98. The fraction of sp³-hybridized carbons (Fsp3) is 1.00. The highest BCUT2D eigenvalue weighted by atomic mass is 32.2. The van der Waals surface area contributed by atoms with Gasteiger partial charge in [-0.15, -0.1) is 0 Å². The molecule has 0 radical (unpaired) electrons. The van der Waals surface area contributed by atoms with Crippen LogP contribution < -0.4 is 5.73 Å². The second-order valence-electron chi connectivity index (χ2n) is 6.64. The predicted octanol–water partition coefficient (Wildman–Crippen LogP) is 2.97. The van der Waals surface area contributed by atoms with Gasteiger partial charge < -0.3 is 5.73 Å². The maximum Gasteiger partial charge on any atom is 0.0332 e. The lowest BCUT2D eigenvalue weighted by Crippen LogP contribution is -2.57. The molecular formula is C15H30N2S. The van der Waals surface area contributed by atoms with Crippen LogP contribution in [-0.4, -0.2) is 41.6 Å². The highest BCUT2D eigenvalue weighted by Gasteiger charge is 2.41. The summed E-state index contributed by atoms with van der Waals surface area (Å²) in [6, 6.07) is 0.772. The van der Waals surface area contributed by atoms with Crippen molar-refractivity contribution in [3.05, 3.63) is 0 Å². The van der Waals surface area contributed by atoms with Gasteiger partial charge in [0.2, 0.25) is 0 Å². The minimum atomic E-state index is 0.307. The Bertz CT molecular complexity index is 253. The molecule has 0 spiro atoms. The van der Waals surface area contributed by atoms with Gasteiger partial charge in [0.15, 0.2) is 0 Å². The molecular weight excluding hydrogens is 240 g/mol. The van der Waals surface area contributed by atoms with E-state index in [1.807, 2.05) is 0 Å². The lowest BCUT2D eigenvalue weighted by atomic mass is 9.71. The van der Waals surface area contributed by atoms with Crippen molar-refractivity contribution < 1.29 is 0 Å². The van der Waals surface area contributed by atoms with Crippen LogP contribution in [0.5, 0.6) is 0 Å². The minimum absolute atomic E-state index is 0.307. The zero-order chi connectivity index (χ0) is 13.2. The van der Waals surface area contributed by atoms with Crippen LogP contribution in [0.25, 0.3) is 0 Å². The summed E-state index contributed by atoms with van der Waals surface area (Å²) in [5, 5.41) is 0. The zero-order valence-electron chi connectivity index (χ0n) is 12.3. The highest BCUT2D eigenvalue weighted by Crippen LogP contribution is 2.40. The van der Waals surface area contributed by atoms with E-state index in [1.54, 1.807) is 0 Å². The molecule has 0 aromatic carbocycles. The standard InChI is InChI=1S/C15H30N2S/c1-12(2)13-4-7-15(11-16,8-5-13)17(3)14-6-9-18-10-14/h12-14H,4-11,16H2,1-3H3. The fourth-order valence-corrected chi connectivity index (χ4v) is 5.03. The Morgan fingerprint density at radius 1 is 1.28 bits per heavy atom. The van der Waals surface area contributed by atoms with Crippen molar-refractivity contribution in [2.75, 3.05) is 25.1 Å². The monoisotopic (exact) mass is 270 g/mol. The van der Waals surface area contributed by atoms with Crippen molar-refractivity contribution in [2.24, 2.45) is 17.6 Å². The Labute approximate surface area is 117 Å². The number of hydrogen-bond donors (Lipinski definition) is 1. The van der Waals surface area contributed by atoms with Gasteiger partial charge in [0.1, 0.15) is 0 Å². The van der Waals surface area contributed by atoms with Crippen LogP contribution in [0.2, 0.25) is 0 Å². The quantitative estimate of drug-likeness (QED) is 0.851. The Hall–Kier alpha value is 0.270. The molecule has 1 heterocycles. The van der Waals surface area contributed by atoms with Crippen LogP contribution in [-0.2, 0) is 0 Å². The van der Waals surface area contributed by atoms with Crippen molar-refractivity contribution in [3.8, 4) is 0 Å². The van der Waals surface area contributed by atoms with Gasteiger partial charge in [0.25, 0.3) is 0 Å². The molecule has 2 aliphatic rings. The van der Waals surface area contributed by atoms with Gasteiger partial charge in [-0.2, -0.15) is 11.8 Å². The predicted molar refractivity (Wildman–Crippen MR) is 82.1 cm³/mol. The molecule has 2 fully saturated rings. The topological polar surface area (TPSA) is 29.3 Å². The summed E-state index contributed by atoms with van der Waals surface area (Å²) in [4.78, 5) is 2.66. The normalized spacial score (nSPS) is 37.7. The number of nitrogens with zero attached hydrogens (tertiary/aromatic N) is 1. The summed E-state index contributed by atoms with van der Waals surface area (Å²) in [6.45, 7) is 5.59. The molecule has 0 aromatic rings. The molecule has 0 aromatic heterocycles. The Morgan fingerprint density at radius 2 is 1.94 bits per heavy atom. The molecule has 0 bridgehead atoms. The molecule has 1 saturated carbocycles. The molecule has 1 saturated heterocycles. The molecule has 1 aliphatic heterocycles. The summed E-state index contributed by atoms with van der Waals surface area (Å²) in [5.74, 6) is 4.42. The van der Waals surface area contributed by atoms with Gasteiger partial charge in [-0.25, -0.2) is 0 Å². The van der Waals surface area contributed by atoms with Crippen molar-refractivity contribution in [1.29, 1.82) is 0 Å². The molecule has 106 valence electrons. The van der Waals surface area contributed by atoms with E-state index >= 15 is 0 Å². The van der Waals surface area contributed by atoms with Gasteiger partial charge in [0, 0.05) is 23.9 Å². The molecule has 18 heavy (non-hydrogen) atoms. The number of nitrogens with two attached hydrogens (primary N) is 1. The van der Waals surface area contributed by atoms with E-state index in [2.05, 4.69) is 37.6 Å². The average molecular weight is 270 g/mol. The second kappa shape index (κ2) is 6.15. The third-order valence-electron chi connectivity index (χ3n) is 5.49. The SMILES string of the molecule is CC(C)C1CCC(CN)(N(C)C2CCSC2)CC1. The number of rotatable bonds is 4. The molecule has 0 amide bonds. The molecule has 3 heteroatoms. The van der Waals surface area contributed by atoms with Crippen LogP contribution >= 0.6 is 11.8 Å². The second-order valence-corrected chi connectivity index (χ2v) is 7.79. The zero-order valence-corrected chi connectivity index (χ0v) is 13.1. The molecule has 2 N–H and O–H groups in total. The maximum atomic E-state index is 6.18. The van der Waals surface area contributed by atoms with E-state index in [0.29, 0.717) is 5.54 Å². The van der Waals surface area contributed by atoms with Crippen LogP contribution in [0.15, 0.2) is 0 Å². The lowest BCUT2D eigenvalue weighted by Gasteiger charge is -2.49. The van der Waals surface area contributed by atoms with E-state index in [1.165, 1.54) is 43.6 Å².